The molecular weight excluding hydrogens is 330 g/mol. The molecule has 1 spiro atoms. The Balaban J connectivity index is 1.45. The van der Waals surface area contributed by atoms with Gasteiger partial charge in [0.05, 0.1) is 11.5 Å². The van der Waals surface area contributed by atoms with Crippen LogP contribution in [0, 0.1) is 0 Å². The molecule has 3 fully saturated rings. The molecule has 140 valence electrons. The first-order chi connectivity index (χ1) is 12.7. The first-order valence-electron chi connectivity index (χ1n) is 10.0. The van der Waals surface area contributed by atoms with Crippen molar-refractivity contribution in [3.8, 4) is 0 Å². The lowest BCUT2D eigenvalue weighted by molar-refractivity contribution is -0.121. The summed E-state index contributed by atoms with van der Waals surface area (Å²) >= 11 is 0. The monoisotopic (exact) mass is 357 g/mol. The number of anilines is 2. The van der Waals surface area contributed by atoms with Gasteiger partial charge in [0.1, 0.15) is 5.82 Å². The van der Waals surface area contributed by atoms with Crippen molar-refractivity contribution in [3.63, 3.8) is 0 Å². The summed E-state index contributed by atoms with van der Waals surface area (Å²) in [5, 5.41) is 16.9. The predicted octanol–water partition coefficient (Wildman–Crippen LogP) is 1.32. The van der Waals surface area contributed by atoms with Crippen LogP contribution in [-0.4, -0.2) is 52.3 Å². The van der Waals surface area contributed by atoms with E-state index < -0.39 is 0 Å². The molecular formula is C19H27N5O2. The topological polar surface area (TPSA) is 90.4 Å². The van der Waals surface area contributed by atoms with Crippen LogP contribution in [0.3, 0.4) is 0 Å². The van der Waals surface area contributed by atoms with Gasteiger partial charge in [-0.1, -0.05) is 0 Å². The lowest BCUT2D eigenvalue weighted by Gasteiger charge is -2.33. The number of hydrogen-bond acceptors (Lipinski definition) is 6. The second kappa shape index (κ2) is 6.16. The highest BCUT2D eigenvalue weighted by Gasteiger charge is 2.61. The molecule has 0 bridgehead atoms. The normalized spacial score (nSPS) is 30.5. The molecule has 1 saturated heterocycles. The maximum atomic E-state index is 13.2. The third kappa shape index (κ3) is 2.60. The van der Waals surface area contributed by atoms with Crippen LogP contribution < -0.4 is 15.5 Å². The number of aliphatic hydroxyl groups excluding tert-OH is 1. The molecule has 1 aromatic heterocycles. The molecule has 2 saturated carbocycles. The Bertz CT molecular complexity index is 714. The summed E-state index contributed by atoms with van der Waals surface area (Å²) in [7, 11) is 0. The van der Waals surface area contributed by atoms with Gasteiger partial charge in [-0.3, -0.25) is 9.69 Å². The van der Waals surface area contributed by atoms with Crippen molar-refractivity contribution in [2.45, 2.75) is 75.0 Å². The lowest BCUT2D eigenvalue weighted by atomic mass is 9.92. The number of nitrogens with zero attached hydrogens (tertiary/aromatic N) is 3. The van der Waals surface area contributed by atoms with Crippen molar-refractivity contribution in [1.29, 1.82) is 0 Å². The fourth-order valence-electron chi connectivity index (χ4n) is 4.87. The average molecular weight is 357 g/mol. The zero-order valence-corrected chi connectivity index (χ0v) is 15.1. The summed E-state index contributed by atoms with van der Waals surface area (Å²) in [6.45, 7) is 2.02. The molecule has 2 aliphatic carbocycles. The van der Waals surface area contributed by atoms with Crippen LogP contribution in [0.15, 0.2) is 6.20 Å². The number of amides is 1. The highest BCUT2D eigenvalue weighted by Crippen LogP contribution is 2.57. The van der Waals surface area contributed by atoms with E-state index in [1.165, 1.54) is 0 Å². The van der Waals surface area contributed by atoms with Gasteiger partial charge in [0.2, 0.25) is 11.9 Å². The molecule has 0 aromatic carbocycles. The van der Waals surface area contributed by atoms with Crippen molar-refractivity contribution in [2.24, 2.45) is 0 Å². The fourth-order valence-corrected chi connectivity index (χ4v) is 4.87. The van der Waals surface area contributed by atoms with Crippen molar-refractivity contribution >= 4 is 17.7 Å². The van der Waals surface area contributed by atoms with E-state index in [4.69, 9.17) is 4.98 Å². The molecule has 3 N–H and O–H groups in total. The van der Waals surface area contributed by atoms with Crippen LogP contribution in [-0.2, 0) is 10.2 Å². The first kappa shape index (κ1) is 16.4. The van der Waals surface area contributed by atoms with E-state index in [0.717, 1.165) is 69.4 Å². The number of aromatic nitrogens is 2. The minimum Gasteiger partial charge on any atom is -0.393 e. The highest BCUT2D eigenvalue weighted by molar-refractivity contribution is 6.09. The molecule has 2 aliphatic heterocycles. The predicted molar refractivity (Wildman–Crippen MR) is 98.2 cm³/mol. The molecule has 3 heterocycles. The second-order valence-corrected chi connectivity index (χ2v) is 8.33. The van der Waals surface area contributed by atoms with E-state index in [2.05, 4.69) is 15.6 Å². The van der Waals surface area contributed by atoms with Crippen LogP contribution in [0.2, 0.25) is 0 Å². The number of rotatable bonds is 3. The van der Waals surface area contributed by atoms with Gasteiger partial charge in [0, 0.05) is 23.8 Å². The Morgan fingerprint density at radius 2 is 2.04 bits per heavy atom. The largest absolute Gasteiger partial charge is 0.393 e. The summed E-state index contributed by atoms with van der Waals surface area (Å²) < 4.78 is 0. The van der Waals surface area contributed by atoms with Gasteiger partial charge in [0.15, 0.2) is 0 Å². The van der Waals surface area contributed by atoms with E-state index in [1.54, 1.807) is 0 Å². The molecule has 7 nitrogen and oxygen atoms in total. The third-order valence-corrected chi connectivity index (χ3v) is 6.55. The van der Waals surface area contributed by atoms with Gasteiger partial charge >= 0.3 is 0 Å². The van der Waals surface area contributed by atoms with Crippen molar-refractivity contribution in [1.82, 2.24) is 15.3 Å². The molecule has 0 unspecified atom stereocenters. The molecule has 26 heavy (non-hydrogen) atoms. The van der Waals surface area contributed by atoms with Crippen molar-refractivity contribution in [2.75, 3.05) is 23.3 Å². The zero-order chi connectivity index (χ0) is 17.7. The van der Waals surface area contributed by atoms with Crippen LogP contribution in [0.1, 0.15) is 56.9 Å². The lowest BCUT2D eigenvalue weighted by Crippen LogP contribution is -2.44. The molecule has 2 atom stereocenters. The van der Waals surface area contributed by atoms with Crippen LogP contribution in [0.25, 0.3) is 0 Å². The number of aliphatic hydroxyl groups is 1. The molecule has 4 aliphatic rings. The van der Waals surface area contributed by atoms with Gasteiger partial charge in [-0.15, -0.1) is 0 Å². The highest BCUT2D eigenvalue weighted by atomic mass is 16.3. The Hall–Kier alpha value is -1.73. The molecule has 1 amide bonds. The summed E-state index contributed by atoms with van der Waals surface area (Å²) in [4.78, 5) is 24.4. The first-order valence-corrected chi connectivity index (χ1v) is 10.0. The van der Waals surface area contributed by atoms with Crippen LogP contribution >= 0.6 is 0 Å². The maximum Gasteiger partial charge on any atom is 0.239 e. The Kier molecular flexibility index (Phi) is 3.90. The third-order valence-electron chi connectivity index (χ3n) is 6.55. The second-order valence-electron chi connectivity index (χ2n) is 8.33. The Morgan fingerprint density at radius 3 is 2.77 bits per heavy atom. The van der Waals surface area contributed by atoms with Crippen molar-refractivity contribution < 1.29 is 9.90 Å². The quantitative estimate of drug-likeness (QED) is 0.756. The SMILES string of the molecule is O=C1N([C@@H]2CCC[C@@H](O)C2)c2nc(NC3CCNCC3)ncc2C12CC2. The molecule has 0 radical (unpaired) electrons. The van der Waals surface area contributed by atoms with E-state index >= 15 is 0 Å². The van der Waals surface area contributed by atoms with Crippen LogP contribution in [0.5, 0.6) is 0 Å². The number of carbonyl (C=O) groups excluding carboxylic acids is 1. The molecule has 1 aromatic rings. The molecule has 7 heteroatoms. The van der Waals surface area contributed by atoms with E-state index in [-0.39, 0.29) is 23.5 Å². The number of nitrogens with one attached hydrogen (secondary N) is 2. The maximum absolute atomic E-state index is 13.2. The summed E-state index contributed by atoms with van der Waals surface area (Å²) in [6, 6.07) is 0.442. The Labute approximate surface area is 153 Å². The standard InChI is InChI=1S/C19H27N5O2/c25-14-3-1-2-13(10-14)24-16-15(19(6-7-19)17(24)26)11-21-18(23-16)22-12-4-8-20-9-5-12/h11-14,20,25H,1-10H2,(H,21,22,23)/t13-,14-/m1/s1. The number of fused-ring (bicyclic) bond motifs is 2. The van der Waals surface area contributed by atoms with Crippen molar-refractivity contribution in [3.05, 3.63) is 11.8 Å². The van der Waals surface area contributed by atoms with Gasteiger partial charge in [-0.05, 0) is 64.5 Å². The van der Waals surface area contributed by atoms with Gasteiger partial charge in [0.25, 0.3) is 0 Å². The summed E-state index contributed by atoms with van der Waals surface area (Å²) in [5.41, 5.74) is 0.629. The Morgan fingerprint density at radius 1 is 1.23 bits per heavy atom. The molecule has 5 rings (SSSR count). The number of piperidine rings is 1. The number of hydrogen-bond donors (Lipinski definition) is 3. The van der Waals surface area contributed by atoms with Gasteiger partial charge < -0.3 is 15.7 Å². The van der Waals surface area contributed by atoms with Gasteiger partial charge in [-0.2, -0.15) is 4.98 Å². The minimum absolute atomic E-state index is 0.0617. The number of carbonyl (C=O) groups is 1. The van der Waals surface area contributed by atoms with Gasteiger partial charge in [-0.25, -0.2) is 4.98 Å². The van der Waals surface area contributed by atoms with E-state index in [0.29, 0.717) is 18.4 Å². The fraction of sp³-hybridized carbons (Fsp3) is 0.737. The zero-order valence-electron chi connectivity index (χ0n) is 15.1. The van der Waals surface area contributed by atoms with Crippen LogP contribution in [0.4, 0.5) is 11.8 Å². The summed E-state index contributed by atoms with van der Waals surface area (Å²) in [5.74, 6) is 1.60. The summed E-state index contributed by atoms with van der Waals surface area (Å²) in [6.07, 6.45) is 8.87. The average Bonchev–Trinajstić information content (AvgIpc) is 3.40. The minimum atomic E-state index is -0.370. The van der Waals surface area contributed by atoms with E-state index in [1.807, 2.05) is 11.1 Å². The smallest absolute Gasteiger partial charge is 0.239 e. The van der Waals surface area contributed by atoms with E-state index in [9.17, 15) is 9.90 Å².